The molecule has 0 saturated carbocycles. The van der Waals surface area contributed by atoms with Crippen LogP contribution in [0.4, 0.5) is 4.79 Å². The second kappa shape index (κ2) is 8.18. The fraction of sp³-hybridized carbons (Fsp3) is 0.250. The van der Waals surface area contributed by atoms with Crippen LogP contribution in [0.5, 0.6) is 0 Å². The maximum absolute atomic E-state index is 12.1. The Morgan fingerprint density at radius 1 is 1.10 bits per heavy atom. The molecule has 3 aromatic rings. The number of nitrogens with zero attached hydrogens (tertiary/aromatic N) is 3. The molecule has 1 spiro atoms. The topological polar surface area (TPSA) is 85.7 Å². The van der Waals surface area contributed by atoms with Crippen LogP contribution in [0, 0.1) is 0 Å². The number of amidine groups is 1. The SMILES string of the molecule is O=C(NC1=N[C@@]2(CCc3c(cccc3-c3cncnc3)C2)CO1)OCc1ccccc1. The molecule has 1 aromatic heterocycles. The van der Waals surface area contributed by atoms with Gasteiger partial charge in [0.05, 0.1) is 0 Å². The minimum absolute atomic E-state index is 0.199. The van der Waals surface area contributed by atoms with Gasteiger partial charge in [0.2, 0.25) is 0 Å². The monoisotopic (exact) mass is 414 g/mol. The van der Waals surface area contributed by atoms with Crippen molar-refractivity contribution in [2.45, 2.75) is 31.4 Å². The summed E-state index contributed by atoms with van der Waals surface area (Å²) in [5.74, 6) is 0. The second-order valence-corrected chi connectivity index (χ2v) is 7.86. The quantitative estimate of drug-likeness (QED) is 0.707. The minimum atomic E-state index is -0.567. The maximum atomic E-state index is 12.1. The lowest BCUT2D eigenvalue weighted by molar-refractivity contribution is 0.142. The molecule has 1 aliphatic carbocycles. The average molecular weight is 414 g/mol. The van der Waals surface area contributed by atoms with E-state index in [0.717, 1.165) is 30.4 Å². The zero-order valence-corrected chi connectivity index (χ0v) is 17.0. The van der Waals surface area contributed by atoms with Crippen molar-refractivity contribution < 1.29 is 14.3 Å². The number of carbonyl (C=O) groups excluding carboxylic acids is 1. The summed E-state index contributed by atoms with van der Waals surface area (Å²) in [5, 5.41) is 2.63. The largest absolute Gasteiger partial charge is 0.462 e. The molecule has 1 amide bonds. The molecule has 2 aromatic carbocycles. The van der Waals surface area contributed by atoms with E-state index in [-0.39, 0.29) is 18.2 Å². The molecule has 2 heterocycles. The summed E-state index contributed by atoms with van der Waals surface area (Å²) in [5.41, 5.74) is 5.30. The summed E-state index contributed by atoms with van der Waals surface area (Å²) in [6.45, 7) is 0.643. The van der Waals surface area contributed by atoms with Crippen molar-refractivity contribution in [2.75, 3.05) is 6.61 Å². The number of carbonyl (C=O) groups is 1. The molecule has 7 heteroatoms. The van der Waals surface area contributed by atoms with Gasteiger partial charge in [-0.2, -0.15) is 0 Å². The van der Waals surface area contributed by atoms with Crippen LogP contribution in [0.25, 0.3) is 11.1 Å². The Balaban J connectivity index is 1.27. The number of nitrogens with one attached hydrogen (secondary N) is 1. The Morgan fingerprint density at radius 3 is 2.77 bits per heavy atom. The van der Waals surface area contributed by atoms with Crippen LogP contribution in [-0.4, -0.2) is 34.2 Å². The van der Waals surface area contributed by atoms with Gasteiger partial charge in [0, 0.05) is 24.4 Å². The first-order valence-corrected chi connectivity index (χ1v) is 10.3. The molecule has 5 rings (SSSR count). The molecule has 1 aliphatic heterocycles. The van der Waals surface area contributed by atoms with Crippen molar-refractivity contribution in [3.63, 3.8) is 0 Å². The predicted octanol–water partition coefficient (Wildman–Crippen LogP) is 3.68. The summed E-state index contributed by atoms with van der Waals surface area (Å²) in [7, 11) is 0. The Hall–Kier alpha value is -3.74. The summed E-state index contributed by atoms with van der Waals surface area (Å²) in [6, 6.07) is 16.1. The number of benzene rings is 2. The summed E-state index contributed by atoms with van der Waals surface area (Å²) in [6.07, 6.45) is 7.13. The summed E-state index contributed by atoms with van der Waals surface area (Å²) in [4.78, 5) is 25.2. The van der Waals surface area contributed by atoms with E-state index in [4.69, 9.17) is 14.5 Å². The van der Waals surface area contributed by atoms with Gasteiger partial charge >= 0.3 is 6.09 Å². The Morgan fingerprint density at radius 2 is 1.94 bits per heavy atom. The van der Waals surface area contributed by atoms with Crippen LogP contribution in [-0.2, 0) is 28.9 Å². The van der Waals surface area contributed by atoms with E-state index in [1.54, 1.807) is 0 Å². The lowest BCUT2D eigenvalue weighted by Crippen LogP contribution is -2.35. The zero-order valence-electron chi connectivity index (χ0n) is 17.0. The van der Waals surface area contributed by atoms with Gasteiger partial charge in [-0.1, -0.05) is 48.5 Å². The third-order valence-electron chi connectivity index (χ3n) is 5.74. The Bertz CT molecular complexity index is 1120. The number of amides is 1. The zero-order chi connectivity index (χ0) is 21.1. The first kappa shape index (κ1) is 19.2. The molecule has 7 nitrogen and oxygen atoms in total. The molecular formula is C24H22N4O3. The van der Waals surface area contributed by atoms with Gasteiger partial charge in [-0.15, -0.1) is 0 Å². The van der Waals surface area contributed by atoms with Crippen molar-refractivity contribution >= 4 is 12.1 Å². The van der Waals surface area contributed by atoms with E-state index in [0.29, 0.717) is 6.61 Å². The van der Waals surface area contributed by atoms with Gasteiger partial charge in [0.15, 0.2) is 0 Å². The van der Waals surface area contributed by atoms with Gasteiger partial charge in [-0.05, 0) is 35.1 Å². The number of fused-ring (bicyclic) bond motifs is 1. The highest BCUT2D eigenvalue weighted by molar-refractivity contribution is 5.91. The number of alkyl carbamates (subject to hydrolysis) is 1. The van der Waals surface area contributed by atoms with E-state index in [9.17, 15) is 4.79 Å². The normalized spacial score (nSPS) is 19.3. The number of hydrogen-bond acceptors (Lipinski definition) is 6. The third-order valence-corrected chi connectivity index (χ3v) is 5.74. The molecule has 1 atom stereocenters. The first-order valence-electron chi connectivity index (χ1n) is 10.3. The van der Waals surface area contributed by atoms with E-state index >= 15 is 0 Å². The lowest BCUT2D eigenvalue weighted by atomic mass is 9.77. The van der Waals surface area contributed by atoms with E-state index in [1.165, 1.54) is 23.0 Å². The molecule has 0 unspecified atom stereocenters. The molecule has 0 fully saturated rings. The summed E-state index contributed by atoms with van der Waals surface area (Å²) < 4.78 is 11.0. The second-order valence-electron chi connectivity index (χ2n) is 7.86. The molecule has 1 N–H and O–H groups in total. The maximum Gasteiger partial charge on any atom is 0.415 e. The standard InChI is InChI=1S/C24H22N4O3/c29-23(30-14-17-5-2-1-3-6-17)27-22-28-24(15-31-22)10-9-21-18(11-24)7-4-8-20(21)19-12-25-16-26-13-19/h1-8,12-13,16H,9-11,14-15H2,(H,27,28,29)/t24-/m1/s1. The lowest BCUT2D eigenvalue weighted by Gasteiger charge is -2.31. The minimum Gasteiger partial charge on any atom is -0.462 e. The number of aliphatic imine (C=N–C) groups is 1. The smallest absolute Gasteiger partial charge is 0.415 e. The van der Waals surface area contributed by atoms with Crippen molar-refractivity contribution in [3.8, 4) is 11.1 Å². The molecule has 2 aliphatic rings. The summed E-state index contributed by atoms with van der Waals surface area (Å²) >= 11 is 0. The predicted molar refractivity (Wildman–Crippen MR) is 115 cm³/mol. The van der Waals surface area contributed by atoms with Crippen LogP contribution in [0.1, 0.15) is 23.1 Å². The van der Waals surface area contributed by atoms with E-state index < -0.39 is 6.09 Å². The Kier molecular flexibility index (Phi) is 5.08. The number of hydrogen-bond donors (Lipinski definition) is 1. The molecule has 0 saturated heterocycles. The van der Waals surface area contributed by atoms with Gasteiger partial charge < -0.3 is 9.47 Å². The Labute approximate surface area is 180 Å². The van der Waals surface area contributed by atoms with Gasteiger partial charge in [-0.25, -0.2) is 25.1 Å². The molecule has 0 radical (unpaired) electrons. The van der Waals surface area contributed by atoms with Gasteiger partial charge in [-0.3, -0.25) is 0 Å². The molecule has 31 heavy (non-hydrogen) atoms. The highest BCUT2D eigenvalue weighted by Gasteiger charge is 2.40. The van der Waals surface area contributed by atoms with E-state index in [1.807, 2.05) is 42.7 Å². The number of ether oxygens (including phenoxy) is 2. The molecule has 156 valence electrons. The van der Waals surface area contributed by atoms with E-state index in [2.05, 4.69) is 33.5 Å². The van der Waals surface area contributed by atoms with Crippen molar-refractivity contribution in [1.29, 1.82) is 0 Å². The highest BCUT2D eigenvalue weighted by atomic mass is 16.6. The van der Waals surface area contributed by atoms with Crippen LogP contribution < -0.4 is 5.32 Å². The van der Waals surface area contributed by atoms with Crippen LogP contribution >= 0.6 is 0 Å². The van der Waals surface area contributed by atoms with Crippen LogP contribution in [0.2, 0.25) is 0 Å². The highest BCUT2D eigenvalue weighted by Crippen LogP contribution is 2.38. The van der Waals surface area contributed by atoms with Crippen molar-refractivity contribution in [2.24, 2.45) is 4.99 Å². The first-order chi connectivity index (χ1) is 15.2. The molecule has 0 bridgehead atoms. The van der Waals surface area contributed by atoms with Gasteiger partial charge in [0.1, 0.15) is 25.1 Å². The molecular weight excluding hydrogens is 392 g/mol. The number of rotatable bonds is 3. The van der Waals surface area contributed by atoms with Crippen molar-refractivity contribution in [3.05, 3.63) is 83.9 Å². The van der Waals surface area contributed by atoms with Crippen LogP contribution in [0.15, 0.2) is 72.2 Å². The van der Waals surface area contributed by atoms with Crippen molar-refractivity contribution in [1.82, 2.24) is 15.3 Å². The fourth-order valence-electron chi connectivity index (χ4n) is 4.22. The fourth-order valence-corrected chi connectivity index (χ4v) is 4.22. The van der Waals surface area contributed by atoms with Gasteiger partial charge in [0.25, 0.3) is 6.02 Å². The van der Waals surface area contributed by atoms with Crippen LogP contribution in [0.3, 0.4) is 0 Å². The number of aromatic nitrogens is 2. The average Bonchev–Trinajstić information content (AvgIpc) is 3.19. The third kappa shape index (κ3) is 4.12.